The zero-order valence-corrected chi connectivity index (χ0v) is 14.0. The molecule has 6 heteroatoms. The Bertz CT molecular complexity index is 753. The molecule has 0 spiro atoms. The molecule has 2 aromatic rings. The Labute approximate surface area is 141 Å². The summed E-state index contributed by atoms with van der Waals surface area (Å²) in [4.78, 5) is 25.7. The highest BCUT2D eigenvalue weighted by Gasteiger charge is 2.26. The van der Waals surface area contributed by atoms with Crippen LogP contribution in [0.2, 0.25) is 0 Å². The van der Waals surface area contributed by atoms with E-state index in [1.54, 1.807) is 28.9 Å². The lowest BCUT2D eigenvalue weighted by Crippen LogP contribution is -2.33. The van der Waals surface area contributed by atoms with Gasteiger partial charge in [-0.25, -0.2) is 4.79 Å². The molecule has 24 heavy (non-hydrogen) atoms. The average molecular weight is 326 g/mol. The van der Waals surface area contributed by atoms with Gasteiger partial charge in [0, 0.05) is 37.6 Å². The minimum atomic E-state index is -0.107. The van der Waals surface area contributed by atoms with Crippen LogP contribution in [0.4, 0.5) is 10.5 Å². The molecule has 1 aromatic heterocycles. The second-order valence-corrected chi connectivity index (χ2v) is 6.39. The number of Topliss-reactive ketones (excluding diaryl/α,β-unsaturated/α-hetero) is 1. The van der Waals surface area contributed by atoms with E-state index in [-0.39, 0.29) is 11.8 Å². The third kappa shape index (κ3) is 3.82. The maximum atomic E-state index is 12.4. The monoisotopic (exact) mass is 326 g/mol. The smallest absolute Gasteiger partial charge is 0.321 e. The van der Waals surface area contributed by atoms with E-state index in [1.165, 1.54) is 12.5 Å². The van der Waals surface area contributed by atoms with E-state index in [4.69, 9.17) is 0 Å². The molecule has 0 saturated carbocycles. The maximum absolute atomic E-state index is 12.4. The molecule has 0 radical (unpaired) electrons. The standard InChI is InChI=1S/C18H22N4O2/c1-13(23)16-4-3-5-17(9-16)20-18(24)22-7-6-14(12-22)8-15-10-19-21(2)11-15/h3-5,9-11,14H,6-8,12H2,1-2H3,(H,20,24). The number of likely N-dealkylation sites (tertiary alicyclic amines) is 1. The molecule has 6 nitrogen and oxygen atoms in total. The first-order valence-electron chi connectivity index (χ1n) is 8.15. The fourth-order valence-electron chi connectivity index (χ4n) is 3.11. The summed E-state index contributed by atoms with van der Waals surface area (Å²) in [5.74, 6) is 0.451. The van der Waals surface area contributed by atoms with Gasteiger partial charge in [-0.1, -0.05) is 12.1 Å². The Morgan fingerprint density at radius 3 is 2.92 bits per heavy atom. The number of urea groups is 1. The Morgan fingerprint density at radius 2 is 2.21 bits per heavy atom. The Morgan fingerprint density at radius 1 is 1.38 bits per heavy atom. The van der Waals surface area contributed by atoms with Crippen LogP contribution in [0.1, 0.15) is 29.3 Å². The van der Waals surface area contributed by atoms with Crippen LogP contribution in [-0.4, -0.2) is 39.6 Å². The molecule has 3 rings (SSSR count). The van der Waals surface area contributed by atoms with Crippen molar-refractivity contribution in [2.24, 2.45) is 13.0 Å². The first-order valence-corrected chi connectivity index (χ1v) is 8.15. The molecule has 1 N–H and O–H groups in total. The highest BCUT2D eigenvalue weighted by Crippen LogP contribution is 2.22. The number of carbonyl (C=O) groups is 2. The summed E-state index contributed by atoms with van der Waals surface area (Å²) in [5.41, 5.74) is 2.46. The second kappa shape index (κ2) is 6.86. The van der Waals surface area contributed by atoms with Gasteiger partial charge in [0.05, 0.1) is 6.20 Å². The normalized spacial score (nSPS) is 17.1. The van der Waals surface area contributed by atoms with Gasteiger partial charge in [-0.05, 0) is 43.4 Å². The van der Waals surface area contributed by atoms with Gasteiger partial charge in [-0.15, -0.1) is 0 Å². The van der Waals surface area contributed by atoms with Gasteiger partial charge in [0.25, 0.3) is 0 Å². The van der Waals surface area contributed by atoms with E-state index in [9.17, 15) is 9.59 Å². The largest absolute Gasteiger partial charge is 0.324 e. The highest BCUT2D eigenvalue weighted by molar-refractivity contribution is 5.96. The van der Waals surface area contributed by atoms with Crippen molar-refractivity contribution in [3.05, 3.63) is 47.8 Å². The molecule has 1 aliphatic rings. The van der Waals surface area contributed by atoms with Crippen LogP contribution >= 0.6 is 0 Å². The van der Waals surface area contributed by atoms with Crippen molar-refractivity contribution in [1.82, 2.24) is 14.7 Å². The number of benzene rings is 1. The van der Waals surface area contributed by atoms with Gasteiger partial charge in [0.15, 0.2) is 5.78 Å². The Kier molecular flexibility index (Phi) is 4.64. The van der Waals surface area contributed by atoms with Crippen molar-refractivity contribution in [3.63, 3.8) is 0 Å². The number of aromatic nitrogens is 2. The van der Waals surface area contributed by atoms with Crippen LogP contribution in [0.25, 0.3) is 0 Å². The van der Waals surface area contributed by atoms with Crippen molar-refractivity contribution in [3.8, 4) is 0 Å². The molecule has 1 saturated heterocycles. The number of hydrogen-bond acceptors (Lipinski definition) is 3. The van der Waals surface area contributed by atoms with E-state index >= 15 is 0 Å². The summed E-state index contributed by atoms with van der Waals surface area (Å²) < 4.78 is 1.80. The van der Waals surface area contributed by atoms with E-state index in [1.807, 2.05) is 24.3 Å². The molecule has 1 fully saturated rings. The number of aryl methyl sites for hydroxylation is 1. The molecule has 1 atom stereocenters. The van der Waals surface area contributed by atoms with Crippen LogP contribution in [0.15, 0.2) is 36.7 Å². The van der Waals surface area contributed by atoms with Gasteiger partial charge >= 0.3 is 6.03 Å². The molecule has 0 bridgehead atoms. The third-order valence-corrected chi connectivity index (χ3v) is 4.38. The number of nitrogens with zero attached hydrogens (tertiary/aromatic N) is 3. The summed E-state index contributed by atoms with van der Waals surface area (Å²) in [5, 5.41) is 7.07. The van der Waals surface area contributed by atoms with Crippen molar-refractivity contribution < 1.29 is 9.59 Å². The van der Waals surface area contributed by atoms with Crippen molar-refractivity contribution in [2.45, 2.75) is 19.8 Å². The fourth-order valence-corrected chi connectivity index (χ4v) is 3.11. The second-order valence-electron chi connectivity index (χ2n) is 6.39. The predicted octanol–water partition coefficient (Wildman–Crippen LogP) is 2.72. The van der Waals surface area contributed by atoms with Gasteiger partial charge in [-0.3, -0.25) is 9.48 Å². The Balaban J connectivity index is 1.56. The summed E-state index contributed by atoms with van der Waals surface area (Å²) >= 11 is 0. The zero-order valence-electron chi connectivity index (χ0n) is 14.0. The molecule has 1 unspecified atom stereocenters. The van der Waals surface area contributed by atoms with Crippen LogP contribution in [0, 0.1) is 5.92 Å². The van der Waals surface area contributed by atoms with Crippen LogP contribution in [0.5, 0.6) is 0 Å². The van der Waals surface area contributed by atoms with E-state index in [0.717, 1.165) is 25.9 Å². The number of amides is 2. The fraction of sp³-hybridized carbons (Fsp3) is 0.389. The van der Waals surface area contributed by atoms with Crippen molar-refractivity contribution in [1.29, 1.82) is 0 Å². The number of anilines is 1. The van der Waals surface area contributed by atoms with Crippen molar-refractivity contribution in [2.75, 3.05) is 18.4 Å². The Hall–Kier alpha value is -2.63. The maximum Gasteiger partial charge on any atom is 0.321 e. The van der Waals surface area contributed by atoms with Crippen LogP contribution < -0.4 is 5.32 Å². The van der Waals surface area contributed by atoms with E-state index < -0.39 is 0 Å². The van der Waals surface area contributed by atoms with E-state index in [2.05, 4.69) is 10.4 Å². The molecular formula is C18H22N4O2. The predicted molar refractivity (Wildman–Crippen MR) is 92.1 cm³/mol. The lowest BCUT2D eigenvalue weighted by molar-refractivity contribution is 0.101. The first kappa shape index (κ1) is 16.2. The third-order valence-electron chi connectivity index (χ3n) is 4.38. The molecule has 2 heterocycles. The average Bonchev–Trinajstić information content (AvgIpc) is 3.17. The minimum absolute atomic E-state index is 0.0104. The van der Waals surface area contributed by atoms with Gasteiger partial charge in [-0.2, -0.15) is 5.10 Å². The molecule has 2 amide bonds. The zero-order chi connectivity index (χ0) is 17.1. The van der Waals surface area contributed by atoms with Gasteiger partial charge < -0.3 is 10.2 Å². The molecule has 0 aliphatic carbocycles. The van der Waals surface area contributed by atoms with Crippen LogP contribution in [0.3, 0.4) is 0 Å². The summed E-state index contributed by atoms with van der Waals surface area (Å²) in [6.45, 7) is 3.01. The quantitative estimate of drug-likeness (QED) is 0.879. The number of nitrogens with one attached hydrogen (secondary N) is 1. The van der Waals surface area contributed by atoms with E-state index in [0.29, 0.717) is 17.2 Å². The summed E-state index contributed by atoms with van der Waals surface area (Å²) in [6.07, 6.45) is 5.85. The minimum Gasteiger partial charge on any atom is -0.324 e. The van der Waals surface area contributed by atoms with Crippen LogP contribution in [-0.2, 0) is 13.5 Å². The topological polar surface area (TPSA) is 67.2 Å². The molecule has 126 valence electrons. The number of carbonyl (C=O) groups excluding carboxylic acids is 2. The van der Waals surface area contributed by atoms with Gasteiger partial charge in [0.2, 0.25) is 0 Å². The lowest BCUT2D eigenvalue weighted by atomic mass is 10.0. The first-order chi connectivity index (χ1) is 11.5. The van der Waals surface area contributed by atoms with Crippen molar-refractivity contribution >= 4 is 17.5 Å². The SMILES string of the molecule is CC(=O)c1cccc(NC(=O)N2CCC(Cc3cnn(C)c3)C2)c1. The van der Waals surface area contributed by atoms with Gasteiger partial charge in [0.1, 0.15) is 0 Å². The highest BCUT2D eigenvalue weighted by atomic mass is 16.2. The number of rotatable bonds is 4. The summed E-state index contributed by atoms with van der Waals surface area (Å²) in [6, 6.07) is 6.93. The summed E-state index contributed by atoms with van der Waals surface area (Å²) in [7, 11) is 1.91. The molecule has 1 aromatic carbocycles. The number of hydrogen-bond donors (Lipinski definition) is 1. The lowest BCUT2D eigenvalue weighted by Gasteiger charge is -2.17. The molecular weight excluding hydrogens is 304 g/mol. The molecule has 1 aliphatic heterocycles. The number of ketones is 1.